The number of carbonyl (C=O) groups is 3. The Balaban J connectivity index is 1.83. The highest BCUT2D eigenvalue weighted by Gasteiger charge is 2.15. The van der Waals surface area contributed by atoms with E-state index in [2.05, 4.69) is 26.8 Å². The number of hydrazine groups is 1. The number of halogens is 1. The average molecular weight is 407 g/mol. The number of hydrogen-bond donors (Lipinski definition) is 2. The highest BCUT2D eigenvalue weighted by molar-refractivity contribution is 9.10. The first-order valence-corrected chi connectivity index (χ1v) is 7.95. The topological polar surface area (TPSA) is 93.7 Å². The SMILES string of the molecule is COc1ccc(Br)c(C(=O)OCC(=O)NNC(=O)c2ccccc2)c1. The zero-order valence-electron chi connectivity index (χ0n) is 13.2. The summed E-state index contributed by atoms with van der Waals surface area (Å²) in [6, 6.07) is 13.2. The van der Waals surface area contributed by atoms with Crippen LogP contribution in [0.3, 0.4) is 0 Å². The molecule has 0 aliphatic heterocycles. The number of amides is 2. The number of esters is 1. The smallest absolute Gasteiger partial charge is 0.339 e. The first-order valence-electron chi connectivity index (χ1n) is 7.16. The second-order valence-electron chi connectivity index (χ2n) is 4.79. The van der Waals surface area contributed by atoms with E-state index in [4.69, 9.17) is 9.47 Å². The van der Waals surface area contributed by atoms with Gasteiger partial charge in [0.15, 0.2) is 6.61 Å². The third kappa shape index (κ3) is 5.32. The molecule has 0 saturated heterocycles. The average Bonchev–Trinajstić information content (AvgIpc) is 2.65. The number of nitrogens with one attached hydrogen (secondary N) is 2. The van der Waals surface area contributed by atoms with Crippen LogP contribution in [0.5, 0.6) is 5.75 Å². The largest absolute Gasteiger partial charge is 0.497 e. The Morgan fingerprint density at radius 2 is 1.76 bits per heavy atom. The zero-order valence-corrected chi connectivity index (χ0v) is 14.8. The molecule has 0 aliphatic rings. The molecule has 0 heterocycles. The monoisotopic (exact) mass is 406 g/mol. The van der Waals surface area contributed by atoms with Crippen molar-refractivity contribution >= 4 is 33.7 Å². The minimum absolute atomic E-state index is 0.223. The predicted octanol–water partition coefficient (Wildman–Crippen LogP) is 2.08. The molecule has 2 aromatic carbocycles. The van der Waals surface area contributed by atoms with Crippen molar-refractivity contribution in [3.05, 3.63) is 64.1 Å². The van der Waals surface area contributed by atoms with Crippen molar-refractivity contribution in [1.29, 1.82) is 0 Å². The number of benzene rings is 2. The van der Waals surface area contributed by atoms with E-state index >= 15 is 0 Å². The van der Waals surface area contributed by atoms with Crippen molar-refractivity contribution < 1.29 is 23.9 Å². The number of ether oxygens (including phenoxy) is 2. The van der Waals surface area contributed by atoms with Gasteiger partial charge in [0.2, 0.25) is 0 Å². The maximum absolute atomic E-state index is 12.0. The van der Waals surface area contributed by atoms with Crippen molar-refractivity contribution in [2.75, 3.05) is 13.7 Å². The van der Waals surface area contributed by atoms with Crippen molar-refractivity contribution in [2.24, 2.45) is 0 Å². The Hall–Kier alpha value is -2.87. The molecule has 130 valence electrons. The van der Waals surface area contributed by atoms with Crippen LogP contribution in [0, 0.1) is 0 Å². The molecule has 0 spiro atoms. The Labute approximate surface area is 152 Å². The van der Waals surface area contributed by atoms with Crippen molar-refractivity contribution in [3.63, 3.8) is 0 Å². The third-order valence-corrected chi connectivity index (χ3v) is 3.77. The van der Waals surface area contributed by atoms with E-state index in [1.54, 1.807) is 42.5 Å². The van der Waals surface area contributed by atoms with Crippen LogP contribution >= 0.6 is 15.9 Å². The van der Waals surface area contributed by atoms with Gasteiger partial charge >= 0.3 is 5.97 Å². The summed E-state index contributed by atoms with van der Waals surface area (Å²) < 4.78 is 10.5. The Kier molecular flexibility index (Phi) is 6.53. The number of carbonyl (C=O) groups excluding carboxylic acids is 3. The fourth-order valence-corrected chi connectivity index (χ4v) is 2.23. The second kappa shape index (κ2) is 8.84. The van der Waals surface area contributed by atoms with Crippen LogP contribution in [0.4, 0.5) is 0 Å². The van der Waals surface area contributed by atoms with E-state index in [0.29, 0.717) is 15.8 Å². The standard InChI is InChI=1S/C17H15BrN2O5/c1-24-12-7-8-14(18)13(9-12)17(23)25-10-15(21)19-20-16(22)11-5-3-2-4-6-11/h2-9H,10H2,1H3,(H,19,21)(H,20,22). The number of rotatable bonds is 5. The molecule has 0 radical (unpaired) electrons. The van der Waals surface area contributed by atoms with Gasteiger partial charge in [0.1, 0.15) is 5.75 Å². The van der Waals surface area contributed by atoms with E-state index < -0.39 is 24.4 Å². The predicted molar refractivity (Wildman–Crippen MR) is 93.0 cm³/mol. The van der Waals surface area contributed by atoms with E-state index in [9.17, 15) is 14.4 Å². The molecular weight excluding hydrogens is 392 g/mol. The van der Waals surface area contributed by atoms with Crippen LogP contribution in [0.1, 0.15) is 20.7 Å². The molecule has 0 bridgehead atoms. The fourth-order valence-electron chi connectivity index (χ4n) is 1.82. The molecule has 0 aromatic heterocycles. The van der Waals surface area contributed by atoms with Gasteiger partial charge in [0.25, 0.3) is 11.8 Å². The quantitative estimate of drug-likeness (QED) is 0.585. The van der Waals surface area contributed by atoms with Gasteiger partial charge in [-0.25, -0.2) is 4.79 Å². The maximum atomic E-state index is 12.0. The van der Waals surface area contributed by atoms with Gasteiger partial charge in [0.05, 0.1) is 12.7 Å². The van der Waals surface area contributed by atoms with Crippen molar-refractivity contribution in [2.45, 2.75) is 0 Å². The van der Waals surface area contributed by atoms with Crippen LogP contribution in [0.25, 0.3) is 0 Å². The van der Waals surface area contributed by atoms with Crippen LogP contribution in [0.2, 0.25) is 0 Å². The summed E-state index contributed by atoms with van der Waals surface area (Å²) in [6.07, 6.45) is 0. The summed E-state index contributed by atoms with van der Waals surface area (Å²) in [6.45, 7) is -0.544. The second-order valence-corrected chi connectivity index (χ2v) is 5.64. The third-order valence-electron chi connectivity index (χ3n) is 3.08. The van der Waals surface area contributed by atoms with Gasteiger partial charge in [-0.2, -0.15) is 0 Å². The van der Waals surface area contributed by atoms with Gasteiger partial charge in [0, 0.05) is 10.0 Å². The molecule has 0 unspecified atom stereocenters. The molecule has 7 nitrogen and oxygen atoms in total. The van der Waals surface area contributed by atoms with Crippen LogP contribution in [-0.2, 0) is 9.53 Å². The minimum atomic E-state index is -0.699. The lowest BCUT2D eigenvalue weighted by atomic mass is 10.2. The molecule has 0 saturated carbocycles. The molecule has 25 heavy (non-hydrogen) atoms. The lowest BCUT2D eigenvalue weighted by Crippen LogP contribution is -2.43. The van der Waals surface area contributed by atoms with Crippen LogP contribution < -0.4 is 15.6 Å². The summed E-state index contributed by atoms with van der Waals surface area (Å²) in [5.41, 5.74) is 5.02. The minimum Gasteiger partial charge on any atom is -0.497 e. The molecule has 2 aromatic rings. The summed E-state index contributed by atoms with van der Waals surface area (Å²) in [5, 5.41) is 0. The highest BCUT2D eigenvalue weighted by Crippen LogP contribution is 2.23. The van der Waals surface area contributed by atoms with Crippen LogP contribution in [-0.4, -0.2) is 31.5 Å². The number of hydrogen-bond acceptors (Lipinski definition) is 5. The summed E-state index contributed by atoms with van der Waals surface area (Å²) in [7, 11) is 1.47. The summed E-state index contributed by atoms with van der Waals surface area (Å²) >= 11 is 3.23. The summed E-state index contributed by atoms with van der Waals surface area (Å²) in [4.78, 5) is 35.5. The van der Waals surface area contributed by atoms with E-state index in [0.717, 1.165) is 0 Å². The lowest BCUT2D eigenvalue weighted by Gasteiger charge is -2.09. The van der Waals surface area contributed by atoms with Gasteiger partial charge < -0.3 is 9.47 Å². The molecule has 0 fully saturated rings. The first kappa shape index (κ1) is 18.5. The molecule has 0 aliphatic carbocycles. The maximum Gasteiger partial charge on any atom is 0.339 e. The lowest BCUT2D eigenvalue weighted by molar-refractivity contribution is -0.125. The van der Waals surface area contributed by atoms with Crippen molar-refractivity contribution in [3.8, 4) is 5.75 Å². The van der Waals surface area contributed by atoms with Gasteiger partial charge in [-0.3, -0.25) is 20.4 Å². The molecule has 2 N–H and O–H groups in total. The molecule has 2 amide bonds. The normalized spacial score (nSPS) is 9.84. The molecule has 8 heteroatoms. The van der Waals surface area contributed by atoms with Crippen LogP contribution in [0.15, 0.2) is 53.0 Å². The Morgan fingerprint density at radius 3 is 2.44 bits per heavy atom. The Bertz CT molecular complexity index is 780. The number of methoxy groups -OCH3 is 1. The zero-order chi connectivity index (χ0) is 18.2. The highest BCUT2D eigenvalue weighted by atomic mass is 79.9. The summed E-state index contributed by atoms with van der Waals surface area (Å²) in [5.74, 6) is -1.36. The fraction of sp³-hybridized carbons (Fsp3) is 0.118. The van der Waals surface area contributed by atoms with E-state index in [-0.39, 0.29) is 5.56 Å². The molecule has 2 rings (SSSR count). The van der Waals surface area contributed by atoms with Crippen molar-refractivity contribution in [1.82, 2.24) is 10.9 Å². The Morgan fingerprint density at radius 1 is 1.04 bits per heavy atom. The van der Waals surface area contributed by atoms with Gasteiger partial charge in [-0.05, 0) is 46.3 Å². The first-order chi connectivity index (χ1) is 12.0. The van der Waals surface area contributed by atoms with E-state index in [1.807, 2.05) is 0 Å². The van der Waals surface area contributed by atoms with Gasteiger partial charge in [-0.15, -0.1) is 0 Å². The van der Waals surface area contributed by atoms with Gasteiger partial charge in [-0.1, -0.05) is 18.2 Å². The molecule has 0 atom stereocenters. The van der Waals surface area contributed by atoms with E-state index in [1.165, 1.54) is 13.2 Å². The molecular formula is C17H15BrN2O5.